The normalized spacial score (nSPS) is 12.4. The van der Waals surface area contributed by atoms with E-state index in [1.54, 1.807) is 7.11 Å². The summed E-state index contributed by atoms with van der Waals surface area (Å²) in [4.78, 5) is 18.1. The van der Waals surface area contributed by atoms with Crippen molar-refractivity contribution in [3.63, 3.8) is 0 Å². The van der Waals surface area contributed by atoms with Gasteiger partial charge in [0.25, 0.3) is 5.91 Å². The predicted molar refractivity (Wildman–Crippen MR) is 144 cm³/mol. The number of ether oxygens (including phenoxy) is 2. The van der Waals surface area contributed by atoms with Crippen LogP contribution in [0.25, 0.3) is 10.2 Å². The number of methoxy groups -OCH3 is 1. The molecule has 1 aromatic heterocycles. The Balaban J connectivity index is 1.60. The SMILES string of the molecule is CCOCCn1c(=NC(=O)c2ccc(S(=O)(=O)N(C)Cc3ccccc3)cc2)sc2cc(OC)ccc21. The van der Waals surface area contributed by atoms with Crippen molar-refractivity contribution in [3.8, 4) is 5.75 Å². The van der Waals surface area contributed by atoms with Gasteiger partial charge >= 0.3 is 0 Å². The summed E-state index contributed by atoms with van der Waals surface area (Å²) in [6, 6.07) is 21.0. The van der Waals surface area contributed by atoms with Gasteiger partial charge in [0, 0.05) is 32.3 Å². The fraction of sp³-hybridized carbons (Fsp3) is 0.259. The molecule has 4 aromatic rings. The van der Waals surface area contributed by atoms with Crippen LogP contribution in [-0.2, 0) is 27.8 Å². The molecular formula is C27H29N3O5S2. The third-order valence-electron chi connectivity index (χ3n) is 5.81. The van der Waals surface area contributed by atoms with E-state index in [1.807, 2.05) is 60.0 Å². The minimum absolute atomic E-state index is 0.114. The highest BCUT2D eigenvalue weighted by Crippen LogP contribution is 2.23. The van der Waals surface area contributed by atoms with Crippen LogP contribution in [-0.4, -0.2) is 50.6 Å². The van der Waals surface area contributed by atoms with Crippen LogP contribution < -0.4 is 9.54 Å². The number of fused-ring (bicyclic) bond motifs is 1. The first-order valence-electron chi connectivity index (χ1n) is 11.8. The van der Waals surface area contributed by atoms with Crippen molar-refractivity contribution >= 4 is 37.5 Å². The lowest BCUT2D eigenvalue weighted by atomic mass is 10.2. The molecule has 0 aliphatic carbocycles. The molecule has 0 aliphatic heterocycles. The maximum absolute atomic E-state index is 13.0. The number of hydrogen-bond acceptors (Lipinski definition) is 6. The van der Waals surface area contributed by atoms with Crippen LogP contribution >= 0.6 is 11.3 Å². The molecule has 0 saturated heterocycles. The highest BCUT2D eigenvalue weighted by atomic mass is 32.2. The minimum Gasteiger partial charge on any atom is -0.497 e. The van der Waals surface area contributed by atoms with Gasteiger partial charge in [-0.1, -0.05) is 41.7 Å². The Kier molecular flexibility index (Phi) is 8.55. The monoisotopic (exact) mass is 539 g/mol. The quantitative estimate of drug-likeness (QED) is 0.280. The van der Waals surface area contributed by atoms with Crippen molar-refractivity contribution in [3.05, 3.63) is 88.7 Å². The summed E-state index contributed by atoms with van der Waals surface area (Å²) >= 11 is 1.38. The van der Waals surface area contributed by atoms with E-state index < -0.39 is 15.9 Å². The number of benzene rings is 3. The number of aromatic nitrogens is 1. The first kappa shape index (κ1) is 26.7. The Hall–Kier alpha value is -3.31. The van der Waals surface area contributed by atoms with Gasteiger partial charge in [-0.05, 0) is 55.0 Å². The van der Waals surface area contributed by atoms with Crippen molar-refractivity contribution in [1.82, 2.24) is 8.87 Å². The summed E-state index contributed by atoms with van der Waals surface area (Å²) < 4.78 is 41.1. The Bertz CT molecular complexity index is 1540. The molecule has 4 rings (SSSR count). The molecule has 1 heterocycles. The number of hydrogen-bond donors (Lipinski definition) is 0. The second-order valence-electron chi connectivity index (χ2n) is 8.25. The maximum atomic E-state index is 13.0. The average molecular weight is 540 g/mol. The third kappa shape index (κ3) is 6.16. The van der Waals surface area contributed by atoms with Gasteiger partial charge in [0.05, 0.1) is 28.8 Å². The molecule has 0 aliphatic rings. The molecule has 37 heavy (non-hydrogen) atoms. The fourth-order valence-electron chi connectivity index (χ4n) is 3.81. The van der Waals surface area contributed by atoms with Crippen LogP contribution in [0.3, 0.4) is 0 Å². The van der Waals surface area contributed by atoms with Gasteiger partial charge in [0.2, 0.25) is 10.0 Å². The van der Waals surface area contributed by atoms with E-state index in [4.69, 9.17) is 9.47 Å². The first-order chi connectivity index (χ1) is 17.8. The van der Waals surface area contributed by atoms with Crippen molar-refractivity contribution < 1.29 is 22.7 Å². The van der Waals surface area contributed by atoms with Gasteiger partial charge in [-0.2, -0.15) is 9.30 Å². The van der Waals surface area contributed by atoms with Crippen molar-refractivity contribution in [1.29, 1.82) is 0 Å². The largest absolute Gasteiger partial charge is 0.497 e. The van der Waals surface area contributed by atoms with Gasteiger partial charge < -0.3 is 14.0 Å². The van der Waals surface area contributed by atoms with Crippen molar-refractivity contribution in [2.75, 3.05) is 27.4 Å². The Labute approximate surface area is 220 Å². The van der Waals surface area contributed by atoms with E-state index in [-0.39, 0.29) is 11.4 Å². The van der Waals surface area contributed by atoms with Gasteiger partial charge in [-0.3, -0.25) is 4.79 Å². The minimum atomic E-state index is -3.72. The maximum Gasteiger partial charge on any atom is 0.279 e. The Morgan fingerprint density at radius 2 is 1.78 bits per heavy atom. The topological polar surface area (TPSA) is 90.2 Å². The number of rotatable bonds is 10. The zero-order valence-electron chi connectivity index (χ0n) is 21.0. The fourth-order valence-corrected chi connectivity index (χ4v) is 6.05. The molecule has 0 atom stereocenters. The zero-order chi connectivity index (χ0) is 26.4. The van der Waals surface area contributed by atoms with E-state index in [2.05, 4.69) is 4.99 Å². The van der Waals surface area contributed by atoms with Crippen LogP contribution in [0, 0.1) is 0 Å². The standard InChI is InChI=1S/C27H29N3O5S2/c1-4-35-17-16-30-24-15-12-22(34-3)18-25(24)36-27(30)28-26(31)21-10-13-23(14-11-21)37(32,33)29(2)19-20-8-6-5-7-9-20/h5-15,18H,4,16-17,19H2,1-3H3. The second-order valence-corrected chi connectivity index (χ2v) is 11.3. The summed E-state index contributed by atoms with van der Waals surface area (Å²) in [7, 11) is -0.575. The van der Waals surface area contributed by atoms with Crippen LogP contribution in [0.15, 0.2) is 82.7 Å². The molecule has 0 bridgehead atoms. The molecular weight excluding hydrogens is 510 g/mol. The van der Waals surface area contributed by atoms with E-state index in [9.17, 15) is 13.2 Å². The highest BCUT2D eigenvalue weighted by molar-refractivity contribution is 7.89. The lowest BCUT2D eigenvalue weighted by Crippen LogP contribution is -2.26. The number of carbonyl (C=O) groups is 1. The summed E-state index contributed by atoms with van der Waals surface area (Å²) in [5.74, 6) is 0.267. The smallest absolute Gasteiger partial charge is 0.279 e. The molecule has 0 spiro atoms. The molecule has 3 aromatic carbocycles. The number of amides is 1. The van der Waals surface area contributed by atoms with Crippen molar-refractivity contribution in [2.45, 2.75) is 24.9 Å². The zero-order valence-corrected chi connectivity index (χ0v) is 22.6. The van der Waals surface area contributed by atoms with Crippen LogP contribution in [0.2, 0.25) is 0 Å². The summed E-state index contributed by atoms with van der Waals surface area (Å²) in [5, 5.41) is 0. The molecule has 0 N–H and O–H groups in total. The van der Waals surface area contributed by atoms with E-state index >= 15 is 0 Å². The summed E-state index contributed by atoms with van der Waals surface area (Å²) in [6.07, 6.45) is 0. The summed E-state index contributed by atoms with van der Waals surface area (Å²) in [6.45, 7) is 3.80. The third-order valence-corrected chi connectivity index (χ3v) is 8.67. The second kappa shape index (κ2) is 11.8. The van der Waals surface area contributed by atoms with E-state index in [1.165, 1.54) is 47.0 Å². The Morgan fingerprint density at radius 1 is 1.05 bits per heavy atom. The number of thiazole rings is 1. The van der Waals surface area contributed by atoms with Gasteiger partial charge in [-0.25, -0.2) is 8.42 Å². The lowest BCUT2D eigenvalue weighted by molar-refractivity contribution is 0.0996. The van der Waals surface area contributed by atoms with E-state index in [0.29, 0.717) is 30.1 Å². The van der Waals surface area contributed by atoms with Gasteiger partial charge in [0.1, 0.15) is 5.75 Å². The number of carbonyl (C=O) groups excluding carboxylic acids is 1. The van der Waals surface area contributed by atoms with Crippen molar-refractivity contribution in [2.24, 2.45) is 4.99 Å². The molecule has 0 saturated carbocycles. The van der Waals surface area contributed by atoms with Crippen LogP contribution in [0.5, 0.6) is 5.75 Å². The van der Waals surface area contributed by atoms with E-state index in [0.717, 1.165) is 21.5 Å². The van der Waals surface area contributed by atoms with Crippen LogP contribution in [0.1, 0.15) is 22.8 Å². The number of nitrogens with zero attached hydrogens (tertiary/aromatic N) is 3. The Morgan fingerprint density at radius 3 is 2.46 bits per heavy atom. The molecule has 0 radical (unpaired) electrons. The molecule has 0 fully saturated rings. The molecule has 1 amide bonds. The van der Waals surface area contributed by atoms with Crippen LogP contribution in [0.4, 0.5) is 0 Å². The average Bonchev–Trinajstić information content (AvgIpc) is 3.25. The molecule has 0 unspecified atom stereocenters. The molecule has 194 valence electrons. The first-order valence-corrected chi connectivity index (χ1v) is 14.0. The van der Waals surface area contributed by atoms with Gasteiger partial charge in [-0.15, -0.1) is 0 Å². The lowest BCUT2D eigenvalue weighted by Gasteiger charge is -2.17. The molecule has 8 nitrogen and oxygen atoms in total. The highest BCUT2D eigenvalue weighted by Gasteiger charge is 2.21. The predicted octanol–water partition coefficient (Wildman–Crippen LogP) is 4.31. The van der Waals surface area contributed by atoms with Gasteiger partial charge in [0.15, 0.2) is 4.80 Å². The molecule has 10 heteroatoms. The number of sulfonamides is 1. The summed E-state index contributed by atoms with van der Waals surface area (Å²) in [5.41, 5.74) is 2.12.